The molecule has 1 spiro atoms. The van der Waals surface area contributed by atoms with Gasteiger partial charge < -0.3 is 19.2 Å². The molecule has 2 aliphatic heterocycles. The number of likely N-dealkylation sites (tertiary alicyclic amines) is 1. The lowest BCUT2D eigenvalue weighted by Gasteiger charge is -2.46. The Labute approximate surface area is 305 Å². The number of aromatic amines is 1. The van der Waals surface area contributed by atoms with E-state index in [1.54, 1.807) is 62.5 Å². The van der Waals surface area contributed by atoms with E-state index in [0.29, 0.717) is 70.4 Å². The van der Waals surface area contributed by atoms with Crippen LogP contribution < -0.4 is 4.74 Å². The van der Waals surface area contributed by atoms with Crippen LogP contribution in [0.4, 0.5) is 0 Å². The van der Waals surface area contributed by atoms with Crippen LogP contribution in [0.15, 0.2) is 70.6 Å². The van der Waals surface area contributed by atoms with Gasteiger partial charge >= 0.3 is 0 Å². The summed E-state index contributed by atoms with van der Waals surface area (Å²) in [5, 5.41) is 0.737. The summed E-state index contributed by atoms with van der Waals surface area (Å²) in [4.78, 5) is 24.5. The van der Waals surface area contributed by atoms with Crippen LogP contribution in [0.1, 0.15) is 66.0 Å². The molecular weight excluding hydrogens is 701 g/mol. The topological polar surface area (TPSA) is 138 Å². The Bertz CT molecular complexity index is 2380. The summed E-state index contributed by atoms with van der Waals surface area (Å²) in [6.45, 7) is 7.32. The zero-order chi connectivity index (χ0) is 37.2. The number of para-hydroxylation sites is 1. The van der Waals surface area contributed by atoms with Crippen molar-refractivity contribution in [2.75, 3.05) is 40.3 Å². The van der Waals surface area contributed by atoms with Crippen molar-refractivity contribution in [3.05, 3.63) is 83.3 Å². The molecule has 2 fully saturated rings. The number of carbonyl (C=O) groups is 1. The molecule has 276 valence electrons. The minimum Gasteiger partial charge on any atom is -0.497 e. The molecule has 1 amide bonds. The lowest BCUT2D eigenvalue weighted by atomic mass is 9.71. The molecule has 14 heteroatoms. The highest BCUT2D eigenvalue weighted by atomic mass is 32.2. The molecule has 0 bridgehead atoms. The number of amides is 1. The molecule has 2 saturated heterocycles. The monoisotopic (exact) mass is 746 g/mol. The van der Waals surface area contributed by atoms with Crippen LogP contribution in [-0.2, 0) is 27.1 Å². The largest absolute Gasteiger partial charge is 0.497 e. The Balaban J connectivity index is 1.03. The summed E-state index contributed by atoms with van der Waals surface area (Å²) in [5.41, 5.74) is 3.68. The van der Waals surface area contributed by atoms with Gasteiger partial charge in [0.1, 0.15) is 17.1 Å². The van der Waals surface area contributed by atoms with Crippen LogP contribution in [-0.4, -0.2) is 91.1 Å². The number of aryl methyl sites for hydroxylation is 3. The minimum absolute atomic E-state index is 0.0147. The van der Waals surface area contributed by atoms with Crippen LogP contribution in [0.5, 0.6) is 5.75 Å². The Morgan fingerprint density at radius 3 is 2.23 bits per heavy atom. The van der Waals surface area contributed by atoms with Crippen molar-refractivity contribution < 1.29 is 26.4 Å². The number of methoxy groups -OCH3 is 1. The van der Waals surface area contributed by atoms with Gasteiger partial charge in [-0.3, -0.25) is 4.79 Å². The highest BCUT2D eigenvalue weighted by Gasteiger charge is 2.42. The van der Waals surface area contributed by atoms with Gasteiger partial charge in [0.05, 0.1) is 34.0 Å². The second-order valence-corrected chi connectivity index (χ2v) is 18.3. The second kappa shape index (κ2) is 13.3. The summed E-state index contributed by atoms with van der Waals surface area (Å²) in [6, 6.07) is 15.5. The molecule has 5 aromatic rings. The van der Waals surface area contributed by atoms with Gasteiger partial charge in [0.15, 0.2) is 0 Å². The SMILES string of the molecule is COc1cc(C)c(S(=O)(=O)N(C)C(C)c2nc3c(C(=O)N4CCC5(CC4)CCN(S(=O)(=O)c4cccc6c4ccn6C)CC5)cccc3[nH]2)c(C)c1. The summed E-state index contributed by atoms with van der Waals surface area (Å²) >= 11 is 0. The van der Waals surface area contributed by atoms with Gasteiger partial charge in [-0.1, -0.05) is 12.1 Å². The van der Waals surface area contributed by atoms with Crippen molar-refractivity contribution in [3.63, 3.8) is 0 Å². The van der Waals surface area contributed by atoms with Crippen molar-refractivity contribution in [3.8, 4) is 5.75 Å². The molecule has 4 heterocycles. The van der Waals surface area contributed by atoms with Gasteiger partial charge in [-0.15, -0.1) is 0 Å². The van der Waals surface area contributed by atoms with Crippen LogP contribution in [0.2, 0.25) is 0 Å². The number of nitrogens with zero attached hydrogens (tertiary/aromatic N) is 5. The summed E-state index contributed by atoms with van der Waals surface area (Å²) < 4.78 is 65.4. The molecule has 3 aromatic carbocycles. The lowest BCUT2D eigenvalue weighted by Crippen LogP contribution is -2.49. The number of hydrogen-bond acceptors (Lipinski definition) is 7. The highest BCUT2D eigenvalue weighted by Crippen LogP contribution is 2.43. The number of hydrogen-bond donors (Lipinski definition) is 1. The maximum absolute atomic E-state index is 14.0. The smallest absolute Gasteiger partial charge is 0.256 e. The number of piperidine rings is 2. The number of benzene rings is 3. The van der Waals surface area contributed by atoms with E-state index < -0.39 is 26.1 Å². The van der Waals surface area contributed by atoms with E-state index in [1.165, 1.54) is 11.4 Å². The number of imidazole rings is 1. The zero-order valence-electron chi connectivity index (χ0n) is 30.5. The molecule has 7 rings (SSSR count). The predicted molar refractivity (Wildman–Crippen MR) is 200 cm³/mol. The number of sulfonamides is 2. The van der Waals surface area contributed by atoms with Gasteiger partial charge in [-0.2, -0.15) is 8.61 Å². The van der Waals surface area contributed by atoms with Crippen molar-refractivity contribution in [1.29, 1.82) is 0 Å². The standard InChI is InChI=1S/C38H46N6O6S2/c1-25-23-28(50-6)24-26(2)35(25)52(48,49)42(5)27(3)36-39-31-10-7-9-30(34(31)40-36)37(45)43-19-14-38(15-20-43)16-21-44(22-17-38)51(46,47)33-12-8-11-32-29(33)13-18-41(32)4/h7-13,18,23-24,27H,14-17,19-22H2,1-6H3,(H,39,40). The normalized spacial score (nSPS) is 17.7. The Morgan fingerprint density at radius 2 is 1.58 bits per heavy atom. The number of carbonyl (C=O) groups excluding carboxylic acids is 1. The third-order valence-corrected chi connectivity index (χ3v) is 15.6. The fraction of sp³-hybridized carbons (Fsp3) is 0.421. The molecule has 2 aromatic heterocycles. The molecule has 1 unspecified atom stereocenters. The summed E-state index contributed by atoms with van der Waals surface area (Å²) in [6.07, 6.45) is 4.98. The van der Waals surface area contributed by atoms with Gasteiger partial charge in [0.25, 0.3) is 5.91 Å². The molecule has 2 aliphatic rings. The number of nitrogens with one attached hydrogen (secondary N) is 1. The Hall–Kier alpha value is -4.24. The first kappa shape index (κ1) is 36.1. The maximum atomic E-state index is 14.0. The number of H-pyrrole nitrogens is 1. The fourth-order valence-electron chi connectivity index (χ4n) is 8.07. The molecule has 0 saturated carbocycles. The minimum atomic E-state index is -3.90. The van der Waals surface area contributed by atoms with Gasteiger partial charge in [0.2, 0.25) is 20.0 Å². The molecule has 0 radical (unpaired) electrons. The first-order valence-corrected chi connectivity index (χ1v) is 20.5. The third-order valence-electron chi connectivity index (χ3n) is 11.4. The van der Waals surface area contributed by atoms with E-state index in [4.69, 9.17) is 9.72 Å². The number of ether oxygens (including phenoxy) is 1. The van der Waals surface area contributed by atoms with Crippen molar-refractivity contribution in [2.45, 2.75) is 62.3 Å². The molecule has 0 aliphatic carbocycles. The second-order valence-electron chi connectivity index (χ2n) is 14.4. The van der Waals surface area contributed by atoms with Crippen molar-refractivity contribution >= 4 is 47.9 Å². The van der Waals surface area contributed by atoms with Gasteiger partial charge in [-0.25, -0.2) is 21.8 Å². The number of aromatic nitrogens is 3. The van der Waals surface area contributed by atoms with E-state index in [-0.39, 0.29) is 16.2 Å². The summed E-state index contributed by atoms with van der Waals surface area (Å²) in [7, 11) is -2.54. The quantitative estimate of drug-likeness (QED) is 0.213. The maximum Gasteiger partial charge on any atom is 0.256 e. The average molecular weight is 747 g/mol. The van der Waals surface area contributed by atoms with E-state index in [0.717, 1.165) is 36.6 Å². The van der Waals surface area contributed by atoms with Gasteiger partial charge in [0, 0.05) is 57.4 Å². The van der Waals surface area contributed by atoms with Crippen LogP contribution >= 0.6 is 0 Å². The van der Waals surface area contributed by atoms with E-state index in [9.17, 15) is 21.6 Å². The summed E-state index contributed by atoms with van der Waals surface area (Å²) in [5.74, 6) is 0.914. The molecule has 1 atom stereocenters. The van der Waals surface area contributed by atoms with Crippen LogP contribution in [0.3, 0.4) is 0 Å². The van der Waals surface area contributed by atoms with Crippen LogP contribution in [0, 0.1) is 19.3 Å². The molecule has 1 N–H and O–H groups in total. The van der Waals surface area contributed by atoms with E-state index in [1.807, 2.05) is 47.0 Å². The lowest BCUT2D eigenvalue weighted by molar-refractivity contribution is 0.0426. The molecule has 12 nitrogen and oxygen atoms in total. The number of rotatable bonds is 8. The average Bonchev–Trinajstić information content (AvgIpc) is 3.74. The Kier molecular flexibility index (Phi) is 9.25. The first-order valence-electron chi connectivity index (χ1n) is 17.6. The molecule has 52 heavy (non-hydrogen) atoms. The highest BCUT2D eigenvalue weighted by molar-refractivity contribution is 7.89. The first-order chi connectivity index (χ1) is 24.7. The van der Waals surface area contributed by atoms with E-state index >= 15 is 0 Å². The van der Waals surface area contributed by atoms with Gasteiger partial charge in [-0.05, 0) is 105 Å². The van der Waals surface area contributed by atoms with Crippen molar-refractivity contribution in [2.24, 2.45) is 12.5 Å². The van der Waals surface area contributed by atoms with Crippen molar-refractivity contribution in [1.82, 2.24) is 28.0 Å². The van der Waals surface area contributed by atoms with Crippen LogP contribution in [0.25, 0.3) is 21.9 Å². The predicted octanol–water partition coefficient (Wildman–Crippen LogP) is 5.77. The third kappa shape index (κ3) is 6.08. The zero-order valence-corrected chi connectivity index (χ0v) is 32.1. The Morgan fingerprint density at radius 1 is 0.942 bits per heavy atom. The van der Waals surface area contributed by atoms with E-state index in [2.05, 4.69) is 4.98 Å². The number of fused-ring (bicyclic) bond motifs is 2. The fourth-order valence-corrected chi connectivity index (χ4v) is 11.5. The molecular formula is C38H46N6O6S2.